The van der Waals surface area contributed by atoms with Gasteiger partial charge < -0.3 is 15.1 Å². The Bertz CT molecular complexity index is 817. The van der Waals surface area contributed by atoms with Crippen LogP contribution in [-0.2, 0) is 0 Å². The van der Waals surface area contributed by atoms with Gasteiger partial charge in [0, 0.05) is 31.9 Å². The number of carbonyl (C=O) groups is 1. The van der Waals surface area contributed by atoms with Crippen molar-refractivity contribution >= 4 is 17.4 Å². The topological polar surface area (TPSA) is 59.4 Å². The Hall–Kier alpha value is -3.00. The normalized spacial score (nSPS) is 14.2. The third-order valence-electron chi connectivity index (χ3n) is 4.76. The zero-order chi connectivity index (χ0) is 18.5. The van der Waals surface area contributed by atoms with Crippen LogP contribution in [0.15, 0.2) is 48.5 Å². The summed E-state index contributed by atoms with van der Waals surface area (Å²) in [6.45, 7) is 7.33. The van der Waals surface area contributed by atoms with Crippen molar-refractivity contribution in [3.8, 4) is 6.07 Å². The molecular formula is C21H24N4O. The van der Waals surface area contributed by atoms with Crippen molar-refractivity contribution < 1.29 is 4.79 Å². The first kappa shape index (κ1) is 17.8. The molecule has 134 valence electrons. The lowest BCUT2D eigenvalue weighted by Crippen LogP contribution is -2.50. The van der Waals surface area contributed by atoms with E-state index in [4.69, 9.17) is 5.26 Å². The first-order valence-electron chi connectivity index (χ1n) is 8.99. The molecule has 1 aliphatic heterocycles. The van der Waals surface area contributed by atoms with Gasteiger partial charge in [0.05, 0.1) is 11.3 Å². The quantitative estimate of drug-likeness (QED) is 0.911. The summed E-state index contributed by atoms with van der Waals surface area (Å²) in [6, 6.07) is 17.5. The molecule has 1 aliphatic rings. The zero-order valence-corrected chi connectivity index (χ0v) is 15.3. The van der Waals surface area contributed by atoms with Crippen LogP contribution >= 0.6 is 0 Å². The van der Waals surface area contributed by atoms with E-state index >= 15 is 0 Å². The van der Waals surface area contributed by atoms with Crippen molar-refractivity contribution in [2.75, 3.05) is 36.4 Å². The van der Waals surface area contributed by atoms with Crippen molar-refractivity contribution in [1.82, 2.24) is 4.90 Å². The van der Waals surface area contributed by atoms with Crippen LogP contribution in [0.1, 0.15) is 30.9 Å². The number of nitrogens with zero attached hydrogens (tertiary/aromatic N) is 3. The molecule has 5 nitrogen and oxygen atoms in total. The van der Waals surface area contributed by atoms with Crippen LogP contribution < -0.4 is 10.2 Å². The predicted octanol–water partition coefficient (Wildman–Crippen LogP) is 4.04. The van der Waals surface area contributed by atoms with E-state index in [1.165, 1.54) is 11.3 Å². The summed E-state index contributed by atoms with van der Waals surface area (Å²) in [4.78, 5) is 16.7. The minimum absolute atomic E-state index is 0.149. The fourth-order valence-corrected chi connectivity index (χ4v) is 3.30. The molecule has 2 aromatic rings. The van der Waals surface area contributed by atoms with Crippen molar-refractivity contribution in [3.63, 3.8) is 0 Å². The van der Waals surface area contributed by atoms with Crippen molar-refractivity contribution in [3.05, 3.63) is 59.7 Å². The summed E-state index contributed by atoms with van der Waals surface area (Å²) in [5.74, 6) is 0.468. The highest BCUT2D eigenvalue weighted by molar-refractivity contribution is 5.91. The number of nitrogens with one attached hydrogen (secondary N) is 1. The largest absolute Gasteiger partial charge is 0.368 e. The predicted molar refractivity (Wildman–Crippen MR) is 104 cm³/mol. The SMILES string of the molecule is CC(C)c1ccccc1N1CCN(C(=O)Nc2ccccc2C#N)CC1. The van der Waals surface area contributed by atoms with Gasteiger partial charge >= 0.3 is 6.03 Å². The van der Waals surface area contributed by atoms with Crippen LogP contribution in [0.5, 0.6) is 0 Å². The molecule has 0 bridgehead atoms. The highest BCUT2D eigenvalue weighted by atomic mass is 16.2. The van der Waals surface area contributed by atoms with E-state index in [2.05, 4.69) is 54.4 Å². The molecule has 0 radical (unpaired) electrons. The van der Waals surface area contributed by atoms with Crippen LogP contribution in [0.25, 0.3) is 0 Å². The maximum absolute atomic E-state index is 12.5. The Morgan fingerprint density at radius 1 is 1.04 bits per heavy atom. The van der Waals surface area contributed by atoms with Crippen LogP contribution in [0.2, 0.25) is 0 Å². The Morgan fingerprint density at radius 3 is 2.38 bits per heavy atom. The van der Waals surface area contributed by atoms with Crippen LogP contribution in [0.4, 0.5) is 16.2 Å². The average Bonchev–Trinajstić information content (AvgIpc) is 2.68. The molecule has 0 unspecified atom stereocenters. The van der Waals surface area contributed by atoms with E-state index in [1.807, 2.05) is 11.0 Å². The number of hydrogen-bond acceptors (Lipinski definition) is 3. The van der Waals surface area contributed by atoms with E-state index in [1.54, 1.807) is 18.2 Å². The lowest BCUT2D eigenvalue weighted by atomic mass is 10.00. The maximum atomic E-state index is 12.5. The molecule has 0 atom stereocenters. The Morgan fingerprint density at radius 2 is 1.69 bits per heavy atom. The molecule has 2 aromatic carbocycles. The third-order valence-corrected chi connectivity index (χ3v) is 4.76. The highest BCUT2D eigenvalue weighted by Crippen LogP contribution is 2.28. The molecule has 0 saturated carbocycles. The van der Waals surface area contributed by atoms with Gasteiger partial charge in [-0.2, -0.15) is 5.26 Å². The lowest BCUT2D eigenvalue weighted by Gasteiger charge is -2.37. The number of anilines is 2. The van der Waals surface area contributed by atoms with Gasteiger partial charge in [0.2, 0.25) is 0 Å². The molecule has 2 amide bonds. The van der Waals surface area contributed by atoms with Crippen molar-refractivity contribution in [2.24, 2.45) is 0 Å². The zero-order valence-electron chi connectivity index (χ0n) is 15.3. The van der Waals surface area contributed by atoms with Gasteiger partial charge in [0.25, 0.3) is 0 Å². The number of nitriles is 1. The van der Waals surface area contributed by atoms with Gasteiger partial charge in [-0.15, -0.1) is 0 Å². The summed E-state index contributed by atoms with van der Waals surface area (Å²) in [6.07, 6.45) is 0. The van der Waals surface area contributed by atoms with Gasteiger partial charge in [0.1, 0.15) is 6.07 Å². The second-order valence-electron chi connectivity index (χ2n) is 6.78. The number of carbonyl (C=O) groups excluding carboxylic acids is 1. The van der Waals surface area contributed by atoms with Crippen LogP contribution in [0.3, 0.4) is 0 Å². The molecule has 0 aromatic heterocycles. The third kappa shape index (κ3) is 3.80. The fraction of sp³-hybridized carbons (Fsp3) is 0.333. The number of rotatable bonds is 3. The second kappa shape index (κ2) is 7.92. The van der Waals surface area contributed by atoms with E-state index in [0.717, 1.165) is 13.1 Å². The van der Waals surface area contributed by atoms with Gasteiger partial charge in [-0.3, -0.25) is 0 Å². The number of urea groups is 1. The molecule has 1 fully saturated rings. The number of hydrogen-bond donors (Lipinski definition) is 1. The summed E-state index contributed by atoms with van der Waals surface area (Å²) in [5, 5.41) is 12.0. The van der Waals surface area contributed by atoms with Crippen molar-refractivity contribution in [2.45, 2.75) is 19.8 Å². The molecule has 5 heteroatoms. The average molecular weight is 348 g/mol. The number of benzene rings is 2. The standard InChI is InChI=1S/C21H24N4O/c1-16(2)18-8-4-6-10-20(18)24-11-13-25(14-12-24)21(26)23-19-9-5-3-7-17(19)15-22/h3-10,16H,11-14H2,1-2H3,(H,23,26). The number of piperazine rings is 1. The molecule has 0 aliphatic carbocycles. The van der Waals surface area contributed by atoms with Gasteiger partial charge in [-0.25, -0.2) is 4.79 Å². The number of amides is 2. The molecule has 1 saturated heterocycles. The first-order valence-corrected chi connectivity index (χ1v) is 8.99. The Balaban J connectivity index is 1.64. The smallest absolute Gasteiger partial charge is 0.322 e. The second-order valence-corrected chi connectivity index (χ2v) is 6.78. The molecule has 1 N–H and O–H groups in total. The monoisotopic (exact) mass is 348 g/mol. The minimum Gasteiger partial charge on any atom is -0.368 e. The maximum Gasteiger partial charge on any atom is 0.322 e. The summed E-state index contributed by atoms with van der Waals surface area (Å²) < 4.78 is 0. The fourth-order valence-electron chi connectivity index (χ4n) is 3.30. The van der Waals surface area contributed by atoms with E-state index < -0.39 is 0 Å². The van der Waals surface area contributed by atoms with E-state index in [-0.39, 0.29) is 6.03 Å². The summed E-state index contributed by atoms with van der Waals surface area (Å²) in [5.41, 5.74) is 3.64. The van der Waals surface area contributed by atoms with Crippen LogP contribution in [-0.4, -0.2) is 37.1 Å². The summed E-state index contributed by atoms with van der Waals surface area (Å²) >= 11 is 0. The Labute approximate surface area is 154 Å². The van der Waals surface area contributed by atoms with Crippen molar-refractivity contribution in [1.29, 1.82) is 5.26 Å². The molecule has 0 spiro atoms. The van der Waals surface area contributed by atoms with Gasteiger partial charge in [-0.05, 0) is 29.7 Å². The molecule has 26 heavy (non-hydrogen) atoms. The van der Waals surface area contributed by atoms with E-state index in [9.17, 15) is 4.79 Å². The van der Waals surface area contributed by atoms with Crippen LogP contribution in [0, 0.1) is 11.3 Å². The molecular weight excluding hydrogens is 324 g/mol. The molecule has 3 rings (SSSR count). The number of para-hydroxylation sites is 2. The van der Waals surface area contributed by atoms with E-state index in [0.29, 0.717) is 30.3 Å². The lowest BCUT2D eigenvalue weighted by molar-refractivity contribution is 0.208. The molecule has 1 heterocycles. The van der Waals surface area contributed by atoms with Gasteiger partial charge in [0.15, 0.2) is 0 Å². The first-order chi connectivity index (χ1) is 12.6. The highest BCUT2D eigenvalue weighted by Gasteiger charge is 2.23. The Kier molecular flexibility index (Phi) is 5.43. The van der Waals surface area contributed by atoms with Gasteiger partial charge in [-0.1, -0.05) is 44.2 Å². The summed E-state index contributed by atoms with van der Waals surface area (Å²) in [7, 11) is 0. The minimum atomic E-state index is -0.149.